The molecule has 108 valence electrons. The van der Waals surface area contributed by atoms with E-state index in [1.807, 2.05) is 0 Å². The summed E-state index contributed by atoms with van der Waals surface area (Å²) in [5.74, 6) is -0.111. The molecule has 0 aliphatic carbocycles. The summed E-state index contributed by atoms with van der Waals surface area (Å²) in [6.07, 6.45) is 0. The summed E-state index contributed by atoms with van der Waals surface area (Å²) in [4.78, 5) is 10.2. The molecule has 21 heavy (non-hydrogen) atoms. The van der Waals surface area contributed by atoms with E-state index in [0.717, 1.165) is 0 Å². The fourth-order valence-corrected chi connectivity index (χ4v) is 2.93. The SMILES string of the molecule is O=[N+]([O-])c1cc(Br)c(N=Nc2ccc(Cl)cc2O)c(Br)c1. The van der Waals surface area contributed by atoms with Crippen molar-refractivity contribution in [3.63, 3.8) is 0 Å². The monoisotopic (exact) mass is 433 g/mol. The molecular formula is C12H6Br2ClN3O3. The molecule has 0 aromatic heterocycles. The van der Waals surface area contributed by atoms with Crippen LogP contribution in [0.2, 0.25) is 5.02 Å². The van der Waals surface area contributed by atoms with Crippen molar-refractivity contribution in [2.45, 2.75) is 0 Å². The van der Waals surface area contributed by atoms with Gasteiger partial charge in [-0.1, -0.05) is 11.6 Å². The van der Waals surface area contributed by atoms with E-state index in [0.29, 0.717) is 19.7 Å². The van der Waals surface area contributed by atoms with Crippen LogP contribution < -0.4 is 0 Å². The second kappa shape index (κ2) is 6.50. The maximum Gasteiger partial charge on any atom is 0.271 e. The summed E-state index contributed by atoms with van der Waals surface area (Å²) >= 11 is 12.1. The van der Waals surface area contributed by atoms with Crippen LogP contribution in [0.3, 0.4) is 0 Å². The van der Waals surface area contributed by atoms with E-state index in [-0.39, 0.29) is 17.1 Å². The Morgan fingerprint density at radius 2 is 1.76 bits per heavy atom. The van der Waals surface area contributed by atoms with E-state index in [1.165, 1.54) is 24.3 Å². The molecule has 1 N–H and O–H groups in total. The van der Waals surface area contributed by atoms with Crippen LogP contribution >= 0.6 is 43.5 Å². The van der Waals surface area contributed by atoms with Gasteiger partial charge in [0.2, 0.25) is 0 Å². The van der Waals surface area contributed by atoms with E-state index >= 15 is 0 Å². The van der Waals surface area contributed by atoms with Gasteiger partial charge >= 0.3 is 0 Å². The van der Waals surface area contributed by atoms with Crippen LogP contribution in [0.5, 0.6) is 5.75 Å². The van der Waals surface area contributed by atoms with Crippen LogP contribution in [0.15, 0.2) is 49.5 Å². The summed E-state index contributed by atoms with van der Waals surface area (Å²) in [6.45, 7) is 0. The van der Waals surface area contributed by atoms with Crippen molar-refractivity contribution >= 4 is 60.5 Å². The quantitative estimate of drug-likeness (QED) is 0.370. The number of benzene rings is 2. The van der Waals surface area contributed by atoms with Crippen LogP contribution in [0, 0.1) is 10.1 Å². The maximum atomic E-state index is 10.7. The van der Waals surface area contributed by atoms with Crippen LogP contribution in [0.25, 0.3) is 0 Å². The Labute approximate surface area is 140 Å². The van der Waals surface area contributed by atoms with E-state index in [2.05, 4.69) is 42.1 Å². The van der Waals surface area contributed by atoms with Crippen LogP contribution in [-0.4, -0.2) is 10.0 Å². The van der Waals surface area contributed by atoms with E-state index < -0.39 is 4.92 Å². The number of hydrogen-bond donors (Lipinski definition) is 1. The third-order valence-electron chi connectivity index (χ3n) is 2.41. The number of aromatic hydroxyl groups is 1. The highest BCUT2D eigenvalue weighted by Crippen LogP contribution is 2.39. The summed E-state index contributed by atoms with van der Waals surface area (Å²) in [5, 5.41) is 28.7. The molecule has 0 saturated carbocycles. The van der Waals surface area contributed by atoms with Crippen molar-refractivity contribution in [1.82, 2.24) is 0 Å². The molecule has 0 radical (unpaired) electrons. The van der Waals surface area contributed by atoms with Gasteiger partial charge in [0.15, 0.2) is 0 Å². The molecule has 0 aliphatic heterocycles. The lowest BCUT2D eigenvalue weighted by Crippen LogP contribution is -1.87. The molecule has 2 aromatic carbocycles. The molecule has 0 heterocycles. The predicted molar refractivity (Wildman–Crippen MR) is 85.8 cm³/mol. The highest BCUT2D eigenvalue weighted by atomic mass is 79.9. The molecule has 0 atom stereocenters. The minimum Gasteiger partial charge on any atom is -0.506 e. The third kappa shape index (κ3) is 3.78. The van der Waals surface area contributed by atoms with Crippen molar-refractivity contribution in [3.05, 3.63) is 54.4 Å². The molecule has 2 aromatic rings. The minimum atomic E-state index is -0.512. The molecule has 9 heteroatoms. The zero-order valence-electron chi connectivity index (χ0n) is 10.1. The molecule has 0 fully saturated rings. The van der Waals surface area contributed by atoms with E-state index in [4.69, 9.17) is 11.6 Å². The smallest absolute Gasteiger partial charge is 0.271 e. The Morgan fingerprint density at radius 3 is 2.29 bits per heavy atom. The van der Waals surface area contributed by atoms with Gasteiger partial charge in [-0.3, -0.25) is 10.1 Å². The summed E-state index contributed by atoms with van der Waals surface area (Å²) in [6, 6.07) is 7.06. The number of halogens is 3. The number of hydrogen-bond acceptors (Lipinski definition) is 5. The first-order chi connectivity index (χ1) is 9.88. The molecule has 6 nitrogen and oxygen atoms in total. The average molecular weight is 435 g/mol. The zero-order chi connectivity index (χ0) is 15.6. The molecule has 0 saturated heterocycles. The number of phenolic OH excluding ortho intramolecular Hbond substituents is 1. The highest BCUT2D eigenvalue weighted by molar-refractivity contribution is 9.11. The van der Waals surface area contributed by atoms with Gasteiger partial charge in [0, 0.05) is 23.2 Å². The number of nitrogens with zero attached hydrogens (tertiary/aromatic N) is 3. The Morgan fingerprint density at radius 1 is 1.14 bits per heavy atom. The number of nitro groups is 1. The number of phenols is 1. The zero-order valence-corrected chi connectivity index (χ0v) is 14.1. The Balaban J connectivity index is 2.39. The Kier molecular flexibility index (Phi) is 4.92. The molecule has 0 aliphatic rings. The number of nitro benzene ring substituents is 1. The van der Waals surface area contributed by atoms with E-state index in [9.17, 15) is 15.2 Å². The van der Waals surface area contributed by atoms with Crippen molar-refractivity contribution in [2.75, 3.05) is 0 Å². The molecule has 0 bridgehead atoms. The van der Waals surface area contributed by atoms with Gasteiger partial charge in [0.25, 0.3) is 5.69 Å². The van der Waals surface area contributed by atoms with Crippen LogP contribution in [-0.2, 0) is 0 Å². The summed E-state index contributed by atoms with van der Waals surface area (Å²) < 4.78 is 0.807. The van der Waals surface area contributed by atoms with Gasteiger partial charge in [-0.25, -0.2) is 0 Å². The molecule has 2 rings (SSSR count). The number of rotatable bonds is 3. The van der Waals surface area contributed by atoms with Gasteiger partial charge in [-0.2, -0.15) is 0 Å². The first-order valence-electron chi connectivity index (χ1n) is 5.42. The van der Waals surface area contributed by atoms with Crippen molar-refractivity contribution in [2.24, 2.45) is 10.2 Å². The lowest BCUT2D eigenvalue weighted by Gasteiger charge is -2.02. The van der Waals surface area contributed by atoms with Gasteiger partial charge in [-0.15, -0.1) is 10.2 Å². The number of non-ortho nitro benzene ring substituents is 1. The Hall–Kier alpha value is -1.51. The third-order valence-corrected chi connectivity index (χ3v) is 3.85. The van der Waals surface area contributed by atoms with E-state index in [1.54, 1.807) is 6.07 Å². The second-order valence-electron chi connectivity index (χ2n) is 3.85. The first-order valence-corrected chi connectivity index (χ1v) is 7.38. The fourth-order valence-electron chi connectivity index (χ4n) is 1.44. The van der Waals surface area contributed by atoms with Crippen LogP contribution in [0.4, 0.5) is 17.1 Å². The predicted octanol–water partition coefficient (Wildman–Crippen LogP) is 5.89. The molecule has 0 spiro atoms. The lowest BCUT2D eigenvalue weighted by molar-refractivity contribution is -0.385. The topological polar surface area (TPSA) is 88.1 Å². The normalized spacial score (nSPS) is 11.0. The summed E-state index contributed by atoms with van der Waals surface area (Å²) in [7, 11) is 0. The second-order valence-corrected chi connectivity index (χ2v) is 5.99. The molecule has 0 unspecified atom stereocenters. The summed E-state index contributed by atoms with van der Waals surface area (Å²) in [5.41, 5.74) is 0.522. The molecular weight excluding hydrogens is 429 g/mol. The average Bonchev–Trinajstić information content (AvgIpc) is 2.39. The minimum absolute atomic E-state index is 0.0814. The van der Waals surface area contributed by atoms with Gasteiger partial charge in [-0.05, 0) is 44.0 Å². The number of azo groups is 1. The molecule has 0 amide bonds. The maximum absolute atomic E-state index is 10.7. The Bertz CT molecular complexity index is 730. The van der Waals surface area contributed by atoms with Crippen molar-refractivity contribution in [1.29, 1.82) is 0 Å². The van der Waals surface area contributed by atoms with Crippen molar-refractivity contribution < 1.29 is 10.0 Å². The lowest BCUT2D eigenvalue weighted by atomic mass is 10.3. The van der Waals surface area contributed by atoms with Gasteiger partial charge in [0.1, 0.15) is 17.1 Å². The van der Waals surface area contributed by atoms with Crippen LogP contribution in [0.1, 0.15) is 0 Å². The fraction of sp³-hybridized carbons (Fsp3) is 0. The van der Waals surface area contributed by atoms with Gasteiger partial charge < -0.3 is 5.11 Å². The highest BCUT2D eigenvalue weighted by Gasteiger charge is 2.14. The largest absolute Gasteiger partial charge is 0.506 e. The first kappa shape index (κ1) is 15.9. The standard InChI is InChI=1S/C12H6Br2ClN3O3/c13-8-4-7(18(20)21)5-9(14)12(8)17-16-10-2-1-6(15)3-11(10)19/h1-5,19H. The van der Waals surface area contributed by atoms with Gasteiger partial charge in [0.05, 0.1) is 13.9 Å². The van der Waals surface area contributed by atoms with Crippen molar-refractivity contribution in [3.8, 4) is 5.75 Å².